The molecule has 6 heteroatoms. The average Bonchev–Trinajstić information content (AvgIpc) is 3.05. The maximum Gasteiger partial charge on any atom is 0.223 e. The van der Waals surface area contributed by atoms with Gasteiger partial charge in [0, 0.05) is 42.1 Å². The van der Waals surface area contributed by atoms with Crippen molar-refractivity contribution in [3.8, 4) is 5.75 Å². The van der Waals surface area contributed by atoms with E-state index in [1.54, 1.807) is 18.9 Å². The summed E-state index contributed by atoms with van der Waals surface area (Å²) in [7, 11) is 1.66. The zero-order valence-corrected chi connectivity index (χ0v) is 16.5. The number of halogens is 1. The molecule has 1 heterocycles. The molecule has 0 unspecified atom stereocenters. The lowest BCUT2D eigenvalue weighted by Crippen LogP contribution is -2.32. The summed E-state index contributed by atoms with van der Waals surface area (Å²) in [5, 5.41) is 0. The fraction of sp³-hybridized carbons (Fsp3) is 0.350. The van der Waals surface area contributed by atoms with Crippen molar-refractivity contribution in [3.05, 3.63) is 60.2 Å². The Balaban J connectivity index is 0.00000243. The third-order valence-corrected chi connectivity index (χ3v) is 5.60. The molecule has 0 aromatic heterocycles. The molecule has 1 amide bonds. The Morgan fingerprint density at radius 3 is 2.50 bits per heavy atom. The molecule has 1 aliphatic rings. The summed E-state index contributed by atoms with van der Waals surface area (Å²) in [6, 6.07) is 18.2. The third kappa shape index (κ3) is 5.16. The van der Waals surface area contributed by atoms with E-state index in [0.717, 1.165) is 22.9 Å². The molecule has 0 aliphatic carbocycles. The van der Waals surface area contributed by atoms with Crippen LogP contribution in [0.2, 0.25) is 0 Å². The summed E-state index contributed by atoms with van der Waals surface area (Å²) in [5.41, 5.74) is 7.50. The number of nitrogens with zero attached hydrogens (tertiary/aromatic N) is 1. The predicted octanol–water partition coefficient (Wildman–Crippen LogP) is 3.55. The lowest BCUT2D eigenvalue weighted by Gasteiger charge is -2.16. The van der Waals surface area contributed by atoms with Gasteiger partial charge in [-0.15, -0.1) is 24.2 Å². The molecule has 2 atom stereocenters. The minimum absolute atomic E-state index is 0. The molecule has 140 valence electrons. The molecule has 4 nitrogen and oxygen atoms in total. The summed E-state index contributed by atoms with van der Waals surface area (Å²) in [5.74, 6) is 2.04. The molecule has 1 fully saturated rings. The Bertz CT molecular complexity index is 697. The summed E-state index contributed by atoms with van der Waals surface area (Å²) in [4.78, 5) is 15.6. The van der Waals surface area contributed by atoms with Crippen molar-refractivity contribution >= 4 is 30.1 Å². The van der Waals surface area contributed by atoms with E-state index in [1.807, 2.05) is 47.4 Å². The number of likely N-dealkylation sites (tertiary alicyclic amines) is 1. The number of hydrogen-bond acceptors (Lipinski definition) is 4. The molecule has 3 rings (SSSR count). The first-order valence-electron chi connectivity index (χ1n) is 8.52. The summed E-state index contributed by atoms with van der Waals surface area (Å²) in [6.45, 7) is 1.36. The van der Waals surface area contributed by atoms with Gasteiger partial charge in [0.15, 0.2) is 0 Å². The van der Waals surface area contributed by atoms with E-state index in [4.69, 9.17) is 10.5 Å². The Hall–Kier alpha value is -1.69. The van der Waals surface area contributed by atoms with Gasteiger partial charge in [-0.1, -0.05) is 30.3 Å². The van der Waals surface area contributed by atoms with Crippen LogP contribution in [0.3, 0.4) is 0 Å². The van der Waals surface area contributed by atoms with Gasteiger partial charge in [-0.05, 0) is 29.8 Å². The quantitative estimate of drug-likeness (QED) is 0.764. The molecule has 2 aromatic rings. The first-order chi connectivity index (χ1) is 12.2. The van der Waals surface area contributed by atoms with E-state index >= 15 is 0 Å². The van der Waals surface area contributed by atoms with E-state index in [9.17, 15) is 4.79 Å². The predicted molar refractivity (Wildman–Crippen MR) is 109 cm³/mol. The van der Waals surface area contributed by atoms with Crippen LogP contribution in [0.5, 0.6) is 5.75 Å². The number of nitrogens with two attached hydrogens (primary N) is 1. The van der Waals surface area contributed by atoms with Crippen LogP contribution in [0.1, 0.15) is 17.9 Å². The van der Waals surface area contributed by atoms with Gasteiger partial charge in [-0.3, -0.25) is 4.79 Å². The van der Waals surface area contributed by atoms with Crippen molar-refractivity contribution in [1.29, 1.82) is 0 Å². The van der Waals surface area contributed by atoms with Gasteiger partial charge in [0.2, 0.25) is 5.91 Å². The van der Waals surface area contributed by atoms with E-state index in [1.165, 1.54) is 5.56 Å². The number of ether oxygens (including phenoxy) is 1. The Labute approximate surface area is 165 Å². The molecule has 1 saturated heterocycles. The van der Waals surface area contributed by atoms with Crippen LogP contribution in [-0.2, 0) is 4.79 Å². The first kappa shape index (κ1) is 20.6. The second-order valence-electron chi connectivity index (χ2n) is 6.25. The maximum absolute atomic E-state index is 12.5. The van der Waals surface area contributed by atoms with E-state index in [2.05, 4.69) is 12.1 Å². The van der Waals surface area contributed by atoms with Gasteiger partial charge >= 0.3 is 0 Å². The summed E-state index contributed by atoms with van der Waals surface area (Å²) in [6.07, 6.45) is 0.533. The second-order valence-corrected chi connectivity index (χ2v) is 7.42. The summed E-state index contributed by atoms with van der Waals surface area (Å²) >= 11 is 1.69. The number of methoxy groups -OCH3 is 1. The molecule has 1 aliphatic heterocycles. The lowest BCUT2D eigenvalue weighted by molar-refractivity contribution is -0.129. The highest BCUT2D eigenvalue weighted by Gasteiger charge is 2.33. The number of benzene rings is 2. The standard InChI is InChI=1S/C20H24N2O2S.ClH/c1-24-16-7-9-17(10-8-16)25-12-11-20(23)22-13-18(19(21)14-22)15-5-3-2-4-6-15;/h2-10,18-19H,11-14,21H2,1H3;1H/t18-,19+;/m0./s1. The number of thioether (sulfide) groups is 1. The van der Waals surface area contributed by atoms with Gasteiger partial charge < -0.3 is 15.4 Å². The van der Waals surface area contributed by atoms with Crippen molar-refractivity contribution in [2.24, 2.45) is 5.73 Å². The number of hydrogen-bond donors (Lipinski definition) is 1. The SMILES string of the molecule is COc1ccc(SCCC(=O)N2C[C@@H](N)[C@H](c3ccccc3)C2)cc1.Cl. The van der Waals surface area contributed by atoms with Crippen LogP contribution in [0.25, 0.3) is 0 Å². The maximum atomic E-state index is 12.5. The van der Waals surface area contributed by atoms with Crippen molar-refractivity contribution in [2.75, 3.05) is 26.0 Å². The highest BCUT2D eigenvalue weighted by Crippen LogP contribution is 2.27. The normalized spacial score (nSPS) is 19.1. The smallest absolute Gasteiger partial charge is 0.223 e. The van der Waals surface area contributed by atoms with Crippen LogP contribution in [0.4, 0.5) is 0 Å². The second kappa shape index (κ2) is 9.86. The first-order valence-corrected chi connectivity index (χ1v) is 9.51. The minimum atomic E-state index is 0. The van der Waals surface area contributed by atoms with Gasteiger partial charge in [0.25, 0.3) is 0 Å². The number of rotatable bonds is 6. The Kier molecular flexibility index (Phi) is 7.82. The third-order valence-electron chi connectivity index (χ3n) is 4.59. The van der Waals surface area contributed by atoms with Gasteiger partial charge in [-0.25, -0.2) is 0 Å². The van der Waals surface area contributed by atoms with Crippen molar-refractivity contribution < 1.29 is 9.53 Å². The number of amides is 1. The van der Waals surface area contributed by atoms with E-state index < -0.39 is 0 Å². The largest absolute Gasteiger partial charge is 0.497 e. The molecule has 0 bridgehead atoms. The van der Waals surface area contributed by atoms with Crippen molar-refractivity contribution in [1.82, 2.24) is 4.90 Å². The lowest BCUT2D eigenvalue weighted by atomic mass is 9.95. The van der Waals surface area contributed by atoms with Crippen LogP contribution >= 0.6 is 24.2 Å². The minimum Gasteiger partial charge on any atom is -0.497 e. The van der Waals surface area contributed by atoms with Crippen LogP contribution in [0.15, 0.2) is 59.5 Å². The Morgan fingerprint density at radius 2 is 1.85 bits per heavy atom. The molecule has 2 N–H and O–H groups in total. The zero-order valence-electron chi connectivity index (χ0n) is 14.8. The number of carbonyl (C=O) groups excluding carboxylic acids is 1. The Morgan fingerprint density at radius 1 is 1.15 bits per heavy atom. The highest BCUT2D eigenvalue weighted by atomic mass is 35.5. The molecular weight excluding hydrogens is 368 g/mol. The molecular formula is C20H25ClN2O2S. The topological polar surface area (TPSA) is 55.6 Å². The van der Waals surface area contributed by atoms with Crippen molar-refractivity contribution in [2.45, 2.75) is 23.3 Å². The van der Waals surface area contributed by atoms with Crippen LogP contribution in [-0.4, -0.2) is 42.8 Å². The highest BCUT2D eigenvalue weighted by molar-refractivity contribution is 7.99. The molecule has 26 heavy (non-hydrogen) atoms. The van der Waals surface area contributed by atoms with E-state index in [0.29, 0.717) is 13.0 Å². The average molecular weight is 393 g/mol. The van der Waals surface area contributed by atoms with E-state index in [-0.39, 0.29) is 30.3 Å². The fourth-order valence-electron chi connectivity index (χ4n) is 3.17. The summed E-state index contributed by atoms with van der Waals surface area (Å²) < 4.78 is 5.15. The molecule has 0 radical (unpaired) electrons. The molecule has 0 spiro atoms. The van der Waals surface area contributed by atoms with Crippen LogP contribution in [0, 0.1) is 0 Å². The molecule has 2 aromatic carbocycles. The van der Waals surface area contributed by atoms with Gasteiger partial charge in [0.05, 0.1) is 7.11 Å². The van der Waals surface area contributed by atoms with Crippen molar-refractivity contribution in [3.63, 3.8) is 0 Å². The van der Waals surface area contributed by atoms with Gasteiger partial charge in [0.1, 0.15) is 5.75 Å². The molecule has 0 saturated carbocycles. The fourth-order valence-corrected chi connectivity index (χ4v) is 4.01. The number of carbonyl (C=O) groups is 1. The van der Waals surface area contributed by atoms with Crippen LogP contribution < -0.4 is 10.5 Å². The monoisotopic (exact) mass is 392 g/mol. The zero-order chi connectivity index (χ0) is 17.6. The van der Waals surface area contributed by atoms with Gasteiger partial charge in [-0.2, -0.15) is 0 Å².